The van der Waals surface area contributed by atoms with Gasteiger partial charge < -0.3 is 19.2 Å². The molecule has 0 spiro atoms. The summed E-state index contributed by atoms with van der Waals surface area (Å²) in [5.41, 5.74) is 5.21. The van der Waals surface area contributed by atoms with Crippen LogP contribution in [0.1, 0.15) is 51.4 Å². The van der Waals surface area contributed by atoms with E-state index in [9.17, 15) is 18.0 Å². The summed E-state index contributed by atoms with van der Waals surface area (Å²) in [5.74, 6) is 1.78. The van der Waals surface area contributed by atoms with Crippen molar-refractivity contribution in [3.05, 3.63) is 76.2 Å². The van der Waals surface area contributed by atoms with Crippen LogP contribution in [0.3, 0.4) is 0 Å². The summed E-state index contributed by atoms with van der Waals surface area (Å²) < 4.78 is 55.5. The Morgan fingerprint density at radius 3 is 2.59 bits per heavy atom. The van der Waals surface area contributed by atoms with Gasteiger partial charge in [0, 0.05) is 24.1 Å². The Morgan fingerprint density at radius 1 is 1.08 bits per heavy atom. The number of methoxy groups -OCH3 is 2. The second-order valence-electron chi connectivity index (χ2n) is 8.65. The fraction of sp³-hybridized carbons (Fsp3) is 0.333. The number of furan rings is 1. The lowest BCUT2D eigenvalue weighted by Gasteiger charge is -2.14. The van der Waals surface area contributed by atoms with Crippen LogP contribution in [-0.4, -0.2) is 32.4 Å². The van der Waals surface area contributed by atoms with E-state index in [1.54, 1.807) is 21.1 Å². The Bertz CT molecular complexity index is 1310. The number of carbonyl (C=O) groups excluding carboxylic acids is 1. The molecule has 0 saturated heterocycles. The summed E-state index contributed by atoms with van der Waals surface area (Å²) in [7, 11) is 3.14. The molecule has 0 aliphatic heterocycles. The third-order valence-corrected chi connectivity index (χ3v) is 6.19. The molecule has 1 aromatic heterocycles. The van der Waals surface area contributed by atoms with E-state index in [4.69, 9.17) is 13.9 Å². The van der Waals surface area contributed by atoms with Crippen molar-refractivity contribution >= 4 is 17.3 Å². The average molecular weight is 516 g/mol. The summed E-state index contributed by atoms with van der Waals surface area (Å²) in [4.78, 5) is 12.9. The van der Waals surface area contributed by atoms with Gasteiger partial charge in [0.25, 0.3) is 5.91 Å². The van der Waals surface area contributed by atoms with Gasteiger partial charge in [-0.3, -0.25) is 10.2 Å². The van der Waals surface area contributed by atoms with Crippen molar-refractivity contribution in [2.24, 2.45) is 5.10 Å². The third kappa shape index (κ3) is 5.90. The maximum Gasteiger partial charge on any atom is 0.416 e. The van der Waals surface area contributed by atoms with Crippen molar-refractivity contribution in [3.8, 4) is 11.5 Å². The number of hydrogen-bond acceptors (Lipinski definition) is 6. The minimum absolute atomic E-state index is 0.214. The van der Waals surface area contributed by atoms with E-state index in [2.05, 4.69) is 15.8 Å². The maximum absolute atomic E-state index is 13.0. The number of hydrazone groups is 1. The number of anilines is 1. The average Bonchev–Trinajstić information content (AvgIpc) is 3.24. The molecule has 10 heteroatoms. The van der Waals surface area contributed by atoms with Gasteiger partial charge in [-0.15, -0.1) is 0 Å². The van der Waals surface area contributed by atoms with Crippen LogP contribution in [0.15, 0.2) is 52.0 Å². The monoisotopic (exact) mass is 515 g/mol. The zero-order valence-corrected chi connectivity index (χ0v) is 20.8. The summed E-state index contributed by atoms with van der Waals surface area (Å²) in [6.45, 7) is 2.17. The molecule has 37 heavy (non-hydrogen) atoms. The first-order chi connectivity index (χ1) is 17.7. The summed E-state index contributed by atoms with van der Waals surface area (Å²) in [5, 5.41) is 7.26. The lowest BCUT2D eigenvalue weighted by atomic mass is 9.93. The second kappa shape index (κ2) is 11.0. The highest BCUT2D eigenvalue weighted by Crippen LogP contribution is 2.32. The van der Waals surface area contributed by atoms with Gasteiger partial charge in [-0.25, -0.2) is 0 Å². The number of rotatable bonds is 8. The van der Waals surface area contributed by atoms with Gasteiger partial charge in [0.05, 0.1) is 31.2 Å². The van der Waals surface area contributed by atoms with Crippen LogP contribution in [0, 0.1) is 6.92 Å². The van der Waals surface area contributed by atoms with Gasteiger partial charge in [0.2, 0.25) is 0 Å². The second-order valence-corrected chi connectivity index (χ2v) is 8.65. The Balaban J connectivity index is 1.45. The number of halogens is 3. The Labute approximate surface area is 212 Å². The van der Waals surface area contributed by atoms with Crippen molar-refractivity contribution < 1.29 is 31.9 Å². The SMILES string of the molecule is COc1ccc(CCNC(=O)c2oc3c(c2C)/C(=N/Nc2cccc(C(F)(F)F)c2)CCC3)cc1OC. The van der Waals surface area contributed by atoms with E-state index >= 15 is 0 Å². The van der Waals surface area contributed by atoms with Crippen LogP contribution < -0.4 is 20.2 Å². The number of ether oxygens (including phenoxy) is 2. The quantitative estimate of drug-likeness (QED) is 0.373. The van der Waals surface area contributed by atoms with E-state index < -0.39 is 11.7 Å². The largest absolute Gasteiger partial charge is 0.493 e. The number of aryl methyl sites for hydroxylation is 1. The molecule has 0 saturated carbocycles. The molecule has 1 heterocycles. The lowest BCUT2D eigenvalue weighted by Crippen LogP contribution is -2.26. The van der Waals surface area contributed by atoms with Gasteiger partial charge in [-0.05, 0) is 62.1 Å². The summed E-state index contributed by atoms with van der Waals surface area (Å²) in [6, 6.07) is 10.4. The first kappa shape index (κ1) is 26.1. The molecule has 0 unspecified atom stereocenters. The number of fused-ring (bicyclic) bond motifs is 1. The van der Waals surface area contributed by atoms with E-state index in [0.717, 1.165) is 29.7 Å². The van der Waals surface area contributed by atoms with Crippen molar-refractivity contribution in [3.63, 3.8) is 0 Å². The highest BCUT2D eigenvalue weighted by molar-refractivity contribution is 6.06. The zero-order chi connectivity index (χ0) is 26.6. The molecule has 2 aromatic carbocycles. The van der Waals surface area contributed by atoms with Crippen LogP contribution in [0.5, 0.6) is 11.5 Å². The van der Waals surface area contributed by atoms with Crippen molar-refractivity contribution in [2.75, 3.05) is 26.2 Å². The smallest absolute Gasteiger partial charge is 0.416 e. The molecular weight excluding hydrogens is 487 g/mol. The van der Waals surface area contributed by atoms with Crippen molar-refractivity contribution in [2.45, 2.75) is 38.8 Å². The van der Waals surface area contributed by atoms with Gasteiger partial charge >= 0.3 is 6.18 Å². The molecule has 1 aliphatic rings. The highest BCUT2D eigenvalue weighted by atomic mass is 19.4. The third-order valence-electron chi connectivity index (χ3n) is 6.19. The minimum atomic E-state index is -4.44. The molecular formula is C27H28F3N3O4. The number of nitrogens with zero attached hydrogens (tertiary/aromatic N) is 1. The molecule has 1 aliphatic carbocycles. The van der Waals surface area contributed by atoms with Gasteiger partial charge in [-0.2, -0.15) is 18.3 Å². The summed E-state index contributed by atoms with van der Waals surface area (Å²) in [6.07, 6.45) is -1.84. The molecule has 0 bridgehead atoms. The number of alkyl halides is 3. The predicted molar refractivity (Wildman–Crippen MR) is 134 cm³/mol. The topological polar surface area (TPSA) is 85.1 Å². The van der Waals surface area contributed by atoms with E-state index in [1.165, 1.54) is 12.1 Å². The fourth-order valence-corrected chi connectivity index (χ4v) is 4.33. The minimum Gasteiger partial charge on any atom is -0.493 e. The summed E-state index contributed by atoms with van der Waals surface area (Å²) >= 11 is 0. The number of benzene rings is 2. The van der Waals surface area contributed by atoms with E-state index in [-0.39, 0.29) is 17.4 Å². The van der Waals surface area contributed by atoms with E-state index in [0.29, 0.717) is 54.3 Å². The Hall–Kier alpha value is -3.95. The standard InChI is InChI=1S/C27H28F3N3O4/c1-16-24-20(33-32-19-7-4-6-18(15-19)27(28,29)30)8-5-9-22(24)37-25(16)26(34)31-13-12-17-10-11-21(35-2)23(14-17)36-3/h4,6-7,10-11,14-15,32H,5,8-9,12-13H2,1-3H3,(H,31,34)/b33-20+. The van der Waals surface area contributed by atoms with Crippen LogP contribution in [-0.2, 0) is 19.0 Å². The molecule has 196 valence electrons. The Kier molecular flexibility index (Phi) is 7.75. The Morgan fingerprint density at radius 2 is 1.86 bits per heavy atom. The number of nitrogens with one attached hydrogen (secondary N) is 2. The molecule has 1 amide bonds. The molecule has 0 atom stereocenters. The van der Waals surface area contributed by atoms with Gasteiger partial charge in [0.15, 0.2) is 17.3 Å². The molecule has 0 fully saturated rings. The van der Waals surface area contributed by atoms with Gasteiger partial charge in [0.1, 0.15) is 5.76 Å². The predicted octanol–water partition coefficient (Wildman–Crippen LogP) is 5.75. The molecule has 2 N–H and O–H groups in total. The van der Waals surface area contributed by atoms with Crippen LogP contribution in [0.4, 0.5) is 18.9 Å². The van der Waals surface area contributed by atoms with Crippen LogP contribution in [0.25, 0.3) is 0 Å². The molecule has 0 radical (unpaired) electrons. The van der Waals surface area contributed by atoms with Gasteiger partial charge in [-0.1, -0.05) is 12.1 Å². The maximum atomic E-state index is 13.0. The molecule has 4 rings (SSSR count). The van der Waals surface area contributed by atoms with Crippen LogP contribution in [0.2, 0.25) is 0 Å². The normalized spacial score (nSPS) is 14.3. The number of amides is 1. The molecule has 7 nitrogen and oxygen atoms in total. The first-order valence-electron chi connectivity index (χ1n) is 11.8. The zero-order valence-electron chi connectivity index (χ0n) is 20.8. The number of hydrogen-bond donors (Lipinski definition) is 2. The fourth-order valence-electron chi connectivity index (χ4n) is 4.33. The van der Waals surface area contributed by atoms with E-state index in [1.807, 2.05) is 18.2 Å². The highest BCUT2D eigenvalue weighted by Gasteiger charge is 2.31. The lowest BCUT2D eigenvalue weighted by molar-refractivity contribution is -0.137. The van der Waals surface area contributed by atoms with Crippen molar-refractivity contribution in [1.29, 1.82) is 0 Å². The number of carbonyl (C=O) groups is 1. The van der Waals surface area contributed by atoms with Crippen molar-refractivity contribution in [1.82, 2.24) is 5.32 Å². The van der Waals surface area contributed by atoms with Crippen LogP contribution >= 0.6 is 0 Å². The first-order valence-corrected chi connectivity index (χ1v) is 11.8. The molecule has 3 aromatic rings.